The Kier molecular flexibility index (Phi) is 23.7. The van der Waals surface area contributed by atoms with E-state index in [0.29, 0.717) is 59.7 Å². The van der Waals surface area contributed by atoms with Crippen molar-refractivity contribution in [3.8, 4) is 0 Å². The molecule has 4 aromatic heterocycles. The molecule has 61 heavy (non-hydrogen) atoms. The lowest BCUT2D eigenvalue weighted by atomic mass is 9.89. The van der Waals surface area contributed by atoms with Crippen LogP contribution >= 0.6 is 0 Å². The summed E-state index contributed by atoms with van der Waals surface area (Å²) in [5.41, 5.74) is 1.28. The zero-order chi connectivity index (χ0) is 46.9. The minimum atomic E-state index is -4.47. The molecule has 0 aliphatic carbocycles. The molecule has 4 aromatic rings. The Balaban J connectivity index is 0.000000407. The molecule has 0 saturated heterocycles. The van der Waals surface area contributed by atoms with E-state index >= 15 is 0 Å². The Morgan fingerprint density at radius 1 is 0.508 bits per heavy atom. The van der Waals surface area contributed by atoms with Crippen molar-refractivity contribution in [2.45, 2.75) is 181 Å². The third-order valence-corrected chi connectivity index (χ3v) is 12.4. The molecule has 0 aliphatic rings. The zero-order valence-corrected chi connectivity index (χ0v) is 41.0. The van der Waals surface area contributed by atoms with E-state index in [0.717, 1.165) is 44.3 Å². The van der Waals surface area contributed by atoms with E-state index in [1.54, 1.807) is 12.1 Å². The highest BCUT2D eigenvalue weighted by atomic mass is 32.2. The van der Waals surface area contributed by atoms with Gasteiger partial charge in [0.2, 0.25) is 10.2 Å². The lowest BCUT2D eigenvalue weighted by Gasteiger charge is -2.17. The molecular weight excluding hydrogens is 845 g/mol. The summed E-state index contributed by atoms with van der Waals surface area (Å²) in [5.74, 6) is 7.17. The fourth-order valence-corrected chi connectivity index (χ4v) is 8.12. The number of hydrogen-bond acceptors (Lipinski definition) is 13. The molecule has 0 aromatic carbocycles. The fourth-order valence-electron chi connectivity index (χ4n) is 6.57. The van der Waals surface area contributed by atoms with Crippen LogP contribution < -0.4 is 0 Å². The zero-order valence-electron chi connectivity index (χ0n) is 38.5. The van der Waals surface area contributed by atoms with Crippen molar-refractivity contribution in [3.05, 3.63) is 76.5 Å². The lowest BCUT2D eigenvalue weighted by Crippen LogP contribution is -2.05. The smallest absolute Gasteiger partial charge is 0.205 e. The Morgan fingerprint density at radius 3 is 1.33 bits per heavy atom. The second kappa shape index (κ2) is 25.8. The number of rotatable bonds is 19. The minimum absolute atomic E-state index is 0.167. The van der Waals surface area contributed by atoms with Crippen molar-refractivity contribution in [3.63, 3.8) is 0 Å². The molecule has 2 atom stereocenters. The van der Waals surface area contributed by atoms with E-state index in [1.807, 2.05) is 20.8 Å². The lowest BCUT2D eigenvalue weighted by molar-refractivity contribution is 0.326. The molecule has 0 N–H and O–H groups in total. The topological polar surface area (TPSA) is 224 Å². The van der Waals surface area contributed by atoms with E-state index in [2.05, 4.69) is 68.4 Å². The van der Waals surface area contributed by atoms with Crippen LogP contribution in [0.5, 0.6) is 0 Å². The summed E-state index contributed by atoms with van der Waals surface area (Å²) < 4.78 is 118. The Labute approximate surface area is 366 Å². The Hall–Kier alpha value is -3.15. The largest absolute Gasteiger partial charge is 0.744 e. The molecule has 4 heterocycles. The number of furan rings is 4. The molecule has 0 spiro atoms. The highest BCUT2D eigenvalue weighted by Crippen LogP contribution is 2.33. The molecule has 2 unspecified atom stereocenters. The standard InChI is InChI=1S/C13H22O.2C11H18O4S.C10H16O4S/c1-6-7-12(9(2)3)13-8-10(4)11(5)14-13;1-8(2)5-4-6-10-7-11(9(3)15-10)16(12,13)14;1-4-5-9(8(2)3)10-6-7-11(15-10)16(12,13)14;1-8(2)4-3-5-9-6-7-10(14-9)15(11,12)13/h8-9,12H,6-7H2,1-5H3;7-8H,4-6H2,1-3H3,(H,12,13,14);6-9H,4-5H2,1-3H3,(H,12,13,14);6-8H,3-5H2,1-2H3,(H,11,12,13)/p-3. The summed E-state index contributed by atoms with van der Waals surface area (Å²) in [5, 5.41) is -0.966. The molecule has 16 heteroatoms. The molecule has 0 amide bonds. The summed E-state index contributed by atoms with van der Waals surface area (Å²) in [6.45, 7) is 27.1. The van der Waals surface area contributed by atoms with Gasteiger partial charge in [-0.05, 0) is 112 Å². The summed E-state index contributed by atoms with van der Waals surface area (Å²) in [4.78, 5) is -0.230. The molecule has 0 fully saturated rings. The van der Waals surface area contributed by atoms with Crippen LogP contribution in [0.15, 0.2) is 69.1 Å². The van der Waals surface area contributed by atoms with Gasteiger partial charge in [0.15, 0.2) is 20.2 Å². The van der Waals surface area contributed by atoms with Gasteiger partial charge in [-0.3, -0.25) is 0 Å². The second-order valence-corrected chi connectivity index (χ2v) is 21.1. The molecule has 4 rings (SSSR count). The van der Waals surface area contributed by atoms with E-state index < -0.39 is 40.5 Å². The van der Waals surface area contributed by atoms with Gasteiger partial charge in [-0.15, -0.1) is 0 Å². The maximum Gasteiger partial charge on any atom is 0.205 e. The highest BCUT2D eigenvalue weighted by Gasteiger charge is 2.21. The molecule has 0 bridgehead atoms. The monoisotopic (exact) mass is 915 g/mol. The first-order chi connectivity index (χ1) is 28.1. The SMILES string of the molecule is CC(C)CCCc1ccc(S(=O)(=O)[O-])o1.CCCC(c1cc(C)c(C)o1)C(C)C.CCCC(c1ccc(S(=O)(=O)[O-])o1)C(C)C.Cc1oc(CCCC(C)C)cc1S(=O)(=O)[O-]. The molecular formula is C45H71O13S3-3. The number of aryl methyl sites for hydroxylation is 5. The molecule has 13 nitrogen and oxygen atoms in total. The predicted molar refractivity (Wildman–Crippen MR) is 233 cm³/mol. The minimum Gasteiger partial charge on any atom is -0.744 e. The average molecular weight is 916 g/mol. The van der Waals surface area contributed by atoms with Crippen molar-refractivity contribution < 1.29 is 56.6 Å². The van der Waals surface area contributed by atoms with Gasteiger partial charge in [0.1, 0.15) is 44.7 Å². The van der Waals surface area contributed by atoms with Crippen molar-refractivity contribution in [2.75, 3.05) is 0 Å². The van der Waals surface area contributed by atoms with E-state index in [9.17, 15) is 38.9 Å². The maximum absolute atomic E-state index is 10.8. The van der Waals surface area contributed by atoms with Crippen LogP contribution in [-0.4, -0.2) is 38.9 Å². The second-order valence-electron chi connectivity index (χ2n) is 17.1. The first kappa shape index (κ1) is 55.9. The summed E-state index contributed by atoms with van der Waals surface area (Å²) in [6, 6.07) is 9.14. The van der Waals surface area contributed by atoms with Crippen molar-refractivity contribution in [1.82, 2.24) is 0 Å². The van der Waals surface area contributed by atoms with Gasteiger partial charge in [0, 0.05) is 24.7 Å². The van der Waals surface area contributed by atoms with Gasteiger partial charge in [0.05, 0.1) is 4.90 Å². The fraction of sp³-hybridized carbons (Fsp3) is 0.644. The first-order valence-electron chi connectivity index (χ1n) is 21.3. The third kappa shape index (κ3) is 20.7. The number of hydrogen-bond donors (Lipinski definition) is 0. The normalized spacial score (nSPS) is 13.1. The summed E-state index contributed by atoms with van der Waals surface area (Å²) in [6.07, 6.45) is 9.69. The van der Waals surface area contributed by atoms with Crippen LogP contribution in [-0.2, 0) is 43.2 Å². The van der Waals surface area contributed by atoms with Gasteiger partial charge in [-0.1, -0.05) is 94.9 Å². The van der Waals surface area contributed by atoms with Crippen molar-refractivity contribution in [2.24, 2.45) is 23.7 Å². The van der Waals surface area contributed by atoms with Gasteiger partial charge in [0.25, 0.3) is 0 Å². The Morgan fingerprint density at radius 2 is 0.967 bits per heavy atom. The highest BCUT2D eigenvalue weighted by molar-refractivity contribution is 7.86. The van der Waals surface area contributed by atoms with E-state index in [-0.39, 0.29) is 16.6 Å². The molecule has 0 aliphatic heterocycles. The van der Waals surface area contributed by atoms with Crippen LogP contribution in [0.4, 0.5) is 0 Å². The summed E-state index contributed by atoms with van der Waals surface area (Å²) >= 11 is 0. The predicted octanol–water partition coefficient (Wildman–Crippen LogP) is 11.8. The average Bonchev–Trinajstić information content (AvgIpc) is 3.94. The van der Waals surface area contributed by atoms with Crippen molar-refractivity contribution in [1.29, 1.82) is 0 Å². The van der Waals surface area contributed by atoms with Crippen LogP contribution in [0.25, 0.3) is 0 Å². The van der Waals surface area contributed by atoms with Crippen LogP contribution in [0.1, 0.15) is 173 Å². The maximum atomic E-state index is 10.8. The van der Waals surface area contributed by atoms with Crippen LogP contribution in [0.2, 0.25) is 0 Å². The van der Waals surface area contributed by atoms with Gasteiger partial charge >= 0.3 is 0 Å². The van der Waals surface area contributed by atoms with Gasteiger partial charge < -0.3 is 31.3 Å². The Bertz CT molecular complexity index is 2160. The van der Waals surface area contributed by atoms with E-state index in [1.165, 1.54) is 49.3 Å². The molecule has 0 saturated carbocycles. The van der Waals surface area contributed by atoms with Crippen molar-refractivity contribution >= 4 is 30.4 Å². The third-order valence-electron chi connectivity index (χ3n) is 10.1. The van der Waals surface area contributed by atoms with Crippen LogP contribution in [0.3, 0.4) is 0 Å². The quantitative estimate of drug-likeness (QED) is 0.0799. The van der Waals surface area contributed by atoms with Gasteiger partial charge in [-0.2, -0.15) is 0 Å². The van der Waals surface area contributed by atoms with Gasteiger partial charge in [-0.25, -0.2) is 25.3 Å². The molecule has 350 valence electrons. The first-order valence-corrected chi connectivity index (χ1v) is 25.6. The van der Waals surface area contributed by atoms with Crippen LogP contribution in [0, 0.1) is 44.4 Å². The summed E-state index contributed by atoms with van der Waals surface area (Å²) in [7, 11) is -13.3. The van der Waals surface area contributed by atoms with E-state index in [4.69, 9.17) is 17.7 Å². The molecule has 0 radical (unpaired) electrons.